The third kappa shape index (κ3) is 3.83. The van der Waals surface area contributed by atoms with Crippen LogP contribution in [0.3, 0.4) is 0 Å². The fourth-order valence-electron chi connectivity index (χ4n) is 1.70. The van der Waals surface area contributed by atoms with Crippen molar-refractivity contribution in [2.45, 2.75) is 19.5 Å². The molecule has 2 heterocycles. The molecule has 0 aromatic carbocycles. The number of hydrogen-bond acceptors (Lipinski definition) is 4. The topological polar surface area (TPSA) is 34.1 Å². The van der Waals surface area contributed by atoms with Gasteiger partial charge in [0.2, 0.25) is 5.88 Å². The van der Waals surface area contributed by atoms with Gasteiger partial charge in [0, 0.05) is 24.8 Å². The maximum atomic E-state index is 6.13. The van der Waals surface area contributed by atoms with Crippen LogP contribution in [0, 0.1) is 0 Å². The number of methoxy groups -OCH3 is 1. The maximum absolute atomic E-state index is 6.13. The van der Waals surface area contributed by atoms with E-state index in [1.807, 2.05) is 18.2 Å². The first kappa shape index (κ1) is 14.6. The minimum Gasteiger partial charge on any atom is -0.481 e. The van der Waals surface area contributed by atoms with Gasteiger partial charge in [-0.05, 0) is 30.2 Å². The van der Waals surface area contributed by atoms with Gasteiger partial charge in [-0.25, -0.2) is 4.98 Å². The van der Waals surface area contributed by atoms with Crippen LogP contribution in [-0.4, -0.2) is 12.1 Å². The highest BCUT2D eigenvalue weighted by Gasteiger charge is 2.12. The van der Waals surface area contributed by atoms with E-state index in [4.69, 9.17) is 27.9 Å². The molecule has 2 aromatic heterocycles. The molecule has 102 valence electrons. The highest BCUT2D eigenvalue weighted by atomic mass is 35.5. The smallest absolute Gasteiger partial charge is 0.213 e. The van der Waals surface area contributed by atoms with E-state index in [1.54, 1.807) is 13.3 Å². The van der Waals surface area contributed by atoms with E-state index in [0.717, 1.165) is 15.5 Å². The van der Waals surface area contributed by atoms with Gasteiger partial charge < -0.3 is 10.1 Å². The van der Waals surface area contributed by atoms with Crippen LogP contribution in [0.15, 0.2) is 24.4 Å². The van der Waals surface area contributed by atoms with Gasteiger partial charge in [0.15, 0.2) is 0 Å². The van der Waals surface area contributed by atoms with Crippen molar-refractivity contribution in [1.29, 1.82) is 0 Å². The zero-order chi connectivity index (χ0) is 13.8. The van der Waals surface area contributed by atoms with E-state index in [-0.39, 0.29) is 6.04 Å². The first-order chi connectivity index (χ1) is 9.10. The van der Waals surface area contributed by atoms with Gasteiger partial charge in [-0.15, -0.1) is 11.3 Å². The van der Waals surface area contributed by atoms with Gasteiger partial charge in [-0.3, -0.25) is 0 Å². The summed E-state index contributed by atoms with van der Waals surface area (Å²) in [7, 11) is 1.61. The Hall–Kier alpha value is -0.810. The zero-order valence-electron chi connectivity index (χ0n) is 10.6. The molecule has 0 aliphatic rings. The van der Waals surface area contributed by atoms with Gasteiger partial charge in [0.05, 0.1) is 15.8 Å². The number of aromatic nitrogens is 1. The zero-order valence-corrected chi connectivity index (χ0v) is 12.9. The second-order valence-electron chi connectivity index (χ2n) is 4.09. The summed E-state index contributed by atoms with van der Waals surface area (Å²) in [6.45, 7) is 2.77. The van der Waals surface area contributed by atoms with E-state index in [2.05, 4.69) is 17.2 Å². The predicted molar refractivity (Wildman–Crippen MR) is 80.4 cm³/mol. The van der Waals surface area contributed by atoms with Gasteiger partial charge in [-0.1, -0.05) is 23.2 Å². The molecule has 0 saturated heterocycles. The average Bonchev–Trinajstić information content (AvgIpc) is 2.75. The number of nitrogens with one attached hydrogen (secondary N) is 1. The monoisotopic (exact) mass is 316 g/mol. The lowest BCUT2D eigenvalue weighted by Gasteiger charge is -2.13. The molecule has 2 rings (SSSR count). The summed E-state index contributed by atoms with van der Waals surface area (Å²) >= 11 is 13.5. The molecule has 0 amide bonds. The Labute approximate surface area is 126 Å². The van der Waals surface area contributed by atoms with Crippen molar-refractivity contribution in [1.82, 2.24) is 10.3 Å². The van der Waals surface area contributed by atoms with Gasteiger partial charge in [0.25, 0.3) is 0 Å². The molecule has 0 fully saturated rings. The van der Waals surface area contributed by atoms with Crippen molar-refractivity contribution >= 4 is 34.5 Å². The molecule has 19 heavy (non-hydrogen) atoms. The largest absolute Gasteiger partial charge is 0.481 e. The number of thiophene rings is 1. The summed E-state index contributed by atoms with van der Waals surface area (Å²) in [6.07, 6.45) is 1.73. The van der Waals surface area contributed by atoms with Gasteiger partial charge >= 0.3 is 0 Å². The predicted octanol–water partition coefficient (Wildman–Crippen LogP) is 4.31. The summed E-state index contributed by atoms with van der Waals surface area (Å²) in [6, 6.07) is 5.89. The fourth-order valence-corrected chi connectivity index (χ4v) is 3.35. The summed E-state index contributed by atoms with van der Waals surface area (Å²) in [4.78, 5) is 4.07. The van der Waals surface area contributed by atoms with E-state index >= 15 is 0 Å². The average molecular weight is 317 g/mol. The quantitative estimate of drug-likeness (QED) is 0.892. The molecule has 2 aromatic rings. The molecule has 1 atom stereocenters. The summed E-state index contributed by atoms with van der Waals surface area (Å²) < 4.78 is 6.53. The van der Waals surface area contributed by atoms with Crippen LogP contribution < -0.4 is 10.1 Å². The van der Waals surface area contributed by atoms with Crippen molar-refractivity contribution < 1.29 is 4.74 Å². The van der Waals surface area contributed by atoms with E-state index in [9.17, 15) is 0 Å². The number of ether oxygens (including phenoxy) is 1. The van der Waals surface area contributed by atoms with Crippen LogP contribution in [0.2, 0.25) is 8.67 Å². The Morgan fingerprint density at radius 1 is 1.42 bits per heavy atom. The highest BCUT2D eigenvalue weighted by Crippen LogP contribution is 2.34. The number of rotatable bonds is 5. The molecule has 0 bridgehead atoms. The minimum atomic E-state index is 0.135. The molecule has 0 aliphatic carbocycles. The normalized spacial score (nSPS) is 12.4. The standard InChI is InChI=1S/C13H14Cl2N2OS/c1-8(10-6-11(14)19-13(10)15)17-7-9-3-4-16-12(5-9)18-2/h3-6,8,17H,7H2,1-2H3. The Balaban J connectivity index is 2.00. The molecule has 1 unspecified atom stereocenters. The van der Waals surface area contributed by atoms with Crippen LogP contribution in [0.5, 0.6) is 5.88 Å². The molecule has 1 N–H and O–H groups in total. The highest BCUT2D eigenvalue weighted by molar-refractivity contribution is 7.20. The van der Waals surface area contributed by atoms with E-state index in [1.165, 1.54) is 11.3 Å². The second-order valence-corrected chi connectivity index (χ2v) is 6.37. The molecule has 3 nitrogen and oxygen atoms in total. The lowest BCUT2D eigenvalue weighted by atomic mass is 10.1. The molecule has 0 spiro atoms. The SMILES string of the molecule is COc1cc(CNC(C)c2cc(Cl)sc2Cl)ccn1. The third-order valence-electron chi connectivity index (χ3n) is 2.77. The van der Waals surface area contributed by atoms with Crippen LogP contribution >= 0.6 is 34.5 Å². The van der Waals surface area contributed by atoms with Crippen molar-refractivity contribution in [3.63, 3.8) is 0 Å². The van der Waals surface area contributed by atoms with E-state index in [0.29, 0.717) is 16.8 Å². The molecular weight excluding hydrogens is 303 g/mol. The fraction of sp³-hybridized carbons (Fsp3) is 0.308. The van der Waals surface area contributed by atoms with Crippen molar-refractivity contribution in [2.24, 2.45) is 0 Å². The summed E-state index contributed by atoms with van der Waals surface area (Å²) in [5.74, 6) is 0.614. The lowest BCUT2D eigenvalue weighted by molar-refractivity contribution is 0.397. The summed E-state index contributed by atoms with van der Waals surface area (Å²) in [5.41, 5.74) is 2.13. The number of pyridine rings is 1. The Bertz CT molecular complexity index is 559. The third-order valence-corrected chi connectivity index (χ3v) is 4.29. The molecule has 0 radical (unpaired) electrons. The van der Waals surface area contributed by atoms with Gasteiger partial charge in [0.1, 0.15) is 0 Å². The van der Waals surface area contributed by atoms with E-state index < -0.39 is 0 Å². The Morgan fingerprint density at radius 2 is 2.21 bits per heavy atom. The van der Waals surface area contributed by atoms with Crippen LogP contribution in [-0.2, 0) is 6.54 Å². The molecule has 0 aliphatic heterocycles. The van der Waals surface area contributed by atoms with Crippen molar-refractivity contribution in [3.8, 4) is 5.88 Å². The van der Waals surface area contributed by atoms with Crippen molar-refractivity contribution in [2.75, 3.05) is 7.11 Å². The number of halogens is 2. The lowest BCUT2D eigenvalue weighted by Crippen LogP contribution is -2.17. The second kappa shape index (κ2) is 6.57. The first-order valence-corrected chi connectivity index (χ1v) is 7.34. The summed E-state index contributed by atoms with van der Waals surface area (Å²) in [5, 5.41) is 3.40. The first-order valence-electron chi connectivity index (χ1n) is 5.77. The van der Waals surface area contributed by atoms with Crippen LogP contribution in [0.1, 0.15) is 24.1 Å². The number of nitrogens with zero attached hydrogens (tertiary/aromatic N) is 1. The number of hydrogen-bond donors (Lipinski definition) is 1. The van der Waals surface area contributed by atoms with Gasteiger partial charge in [-0.2, -0.15) is 0 Å². The Morgan fingerprint density at radius 3 is 2.84 bits per heavy atom. The van der Waals surface area contributed by atoms with Crippen LogP contribution in [0.25, 0.3) is 0 Å². The Kier molecular flexibility index (Phi) is 5.05. The molecule has 6 heteroatoms. The minimum absolute atomic E-state index is 0.135. The molecule has 0 saturated carbocycles. The van der Waals surface area contributed by atoms with Crippen LogP contribution in [0.4, 0.5) is 0 Å². The maximum Gasteiger partial charge on any atom is 0.213 e. The van der Waals surface area contributed by atoms with Crippen molar-refractivity contribution in [3.05, 3.63) is 44.2 Å². The molecular formula is C13H14Cl2N2OS.